The maximum absolute atomic E-state index is 10.1. The zero-order valence-electron chi connectivity index (χ0n) is 18.9. The SMILES string of the molecule is CCCCCCCCCCCCCCCC(O)CCOC(OC)C(O)C(C)N. The van der Waals surface area contributed by atoms with Crippen LogP contribution in [0.2, 0.25) is 0 Å². The van der Waals surface area contributed by atoms with Crippen LogP contribution in [0.3, 0.4) is 0 Å². The topological polar surface area (TPSA) is 84.9 Å². The Morgan fingerprint density at radius 1 is 0.750 bits per heavy atom. The van der Waals surface area contributed by atoms with E-state index in [0.29, 0.717) is 13.0 Å². The lowest BCUT2D eigenvalue weighted by Gasteiger charge is -2.24. The van der Waals surface area contributed by atoms with Gasteiger partial charge in [0.1, 0.15) is 6.10 Å². The van der Waals surface area contributed by atoms with E-state index >= 15 is 0 Å². The van der Waals surface area contributed by atoms with Gasteiger partial charge < -0.3 is 25.4 Å². The van der Waals surface area contributed by atoms with Crippen LogP contribution in [-0.4, -0.2) is 48.5 Å². The molecule has 0 aromatic heterocycles. The Morgan fingerprint density at radius 2 is 1.21 bits per heavy atom. The quantitative estimate of drug-likeness (QED) is 0.187. The second-order valence-electron chi connectivity index (χ2n) is 8.30. The summed E-state index contributed by atoms with van der Waals surface area (Å²) in [4.78, 5) is 0. The van der Waals surface area contributed by atoms with Gasteiger partial charge in [-0.3, -0.25) is 0 Å². The molecule has 0 heterocycles. The largest absolute Gasteiger partial charge is 0.393 e. The van der Waals surface area contributed by atoms with E-state index in [2.05, 4.69) is 6.92 Å². The molecule has 4 atom stereocenters. The van der Waals surface area contributed by atoms with Gasteiger partial charge in [-0.2, -0.15) is 0 Å². The number of aliphatic hydroxyl groups is 2. The number of ether oxygens (including phenoxy) is 2. The average Bonchev–Trinajstić information content (AvgIpc) is 2.68. The molecular formula is C23H49NO4. The lowest BCUT2D eigenvalue weighted by molar-refractivity contribution is -0.186. The first-order valence-electron chi connectivity index (χ1n) is 11.8. The predicted molar refractivity (Wildman–Crippen MR) is 117 cm³/mol. The average molecular weight is 404 g/mol. The number of unbranched alkanes of at least 4 members (excludes halogenated alkanes) is 12. The van der Waals surface area contributed by atoms with Crippen molar-refractivity contribution in [2.24, 2.45) is 5.73 Å². The molecule has 5 heteroatoms. The molecule has 0 fully saturated rings. The molecule has 0 amide bonds. The van der Waals surface area contributed by atoms with Gasteiger partial charge in [0.15, 0.2) is 6.29 Å². The van der Waals surface area contributed by atoms with E-state index in [9.17, 15) is 10.2 Å². The van der Waals surface area contributed by atoms with Gasteiger partial charge in [-0.15, -0.1) is 0 Å². The molecule has 0 spiro atoms. The zero-order chi connectivity index (χ0) is 21.0. The maximum atomic E-state index is 10.1. The summed E-state index contributed by atoms with van der Waals surface area (Å²) in [5.74, 6) is 0. The Balaban J connectivity index is 3.40. The third-order valence-corrected chi connectivity index (χ3v) is 5.42. The Kier molecular flexibility index (Phi) is 19.9. The van der Waals surface area contributed by atoms with Crippen molar-refractivity contribution in [1.29, 1.82) is 0 Å². The van der Waals surface area contributed by atoms with Crippen molar-refractivity contribution < 1.29 is 19.7 Å². The summed E-state index contributed by atoms with van der Waals surface area (Å²) in [5, 5.41) is 19.9. The fourth-order valence-corrected chi connectivity index (χ4v) is 3.42. The highest BCUT2D eigenvalue weighted by molar-refractivity contribution is 4.70. The number of rotatable bonds is 21. The van der Waals surface area contributed by atoms with Crippen LogP contribution in [0.4, 0.5) is 0 Å². The summed E-state index contributed by atoms with van der Waals surface area (Å²) in [7, 11) is 1.49. The fraction of sp³-hybridized carbons (Fsp3) is 1.00. The standard InChI is InChI=1S/C23H49NO4/c1-4-5-6-7-8-9-10-11-12-13-14-15-16-17-21(25)18-19-28-23(27-3)22(26)20(2)24/h20-23,25-26H,4-19,24H2,1-3H3. The first-order valence-corrected chi connectivity index (χ1v) is 11.8. The predicted octanol–water partition coefficient (Wildman–Crippen LogP) is 4.92. The monoisotopic (exact) mass is 403 g/mol. The summed E-state index contributed by atoms with van der Waals surface area (Å²) in [6, 6.07) is -0.416. The molecule has 0 aliphatic heterocycles. The molecule has 0 bridgehead atoms. The van der Waals surface area contributed by atoms with Crippen molar-refractivity contribution in [3.05, 3.63) is 0 Å². The van der Waals surface area contributed by atoms with Crippen molar-refractivity contribution in [2.45, 2.75) is 135 Å². The second-order valence-corrected chi connectivity index (χ2v) is 8.30. The van der Waals surface area contributed by atoms with Crippen LogP contribution in [0.15, 0.2) is 0 Å². The lowest BCUT2D eigenvalue weighted by Crippen LogP contribution is -2.43. The molecule has 170 valence electrons. The highest BCUT2D eigenvalue weighted by atomic mass is 16.7. The molecule has 0 rings (SSSR count). The van der Waals surface area contributed by atoms with Crippen molar-refractivity contribution >= 4 is 0 Å². The Morgan fingerprint density at radius 3 is 1.64 bits per heavy atom. The van der Waals surface area contributed by atoms with Crippen LogP contribution in [-0.2, 0) is 9.47 Å². The van der Waals surface area contributed by atoms with E-state index in [4.69, 9.17) is 15.2 Å². The van der Waals surface area contributed by atoms with Crippen LogP contribution < -0.4 is 5.73 Å². The molecule has 0 saturated heterocycles. The first-order chi connectivity index (χ1) is 13.5. The van der Waals surface area contributed by atoms with Crippen molar-refractivity contribution in [2.75, 3.05) is 13.7 Å². The molecule has 0 aromatic rings. The van der Waals surface area contributed by atoms with E-state index in [1.165, 1.54) is 84.2 Å². The third-order valence-electron chi connectivity index (χ3n) is 5.42. The lowest BCUT2D eigenvalue weighted by atomic mass is 10.0. The van der Waals surface area contributed by atoms with E-state index in [1.54, 1.807) is 6.92 Å². The fourth-order valence-electron chi connectivity index (χ4n) is 3.42. The molecule has 4 N–H and O–H groups in total. The highest BCUT2D eigenvalue weighted by Gasteiger charge is 2.23. The molecular weight excluding hydrogens is 354 g/mol. The third kappa shape index (κ3) is 16.7. The van der Waals surface area contributed by atoms with E-state index < -0.39 is 18.4 Å². The van der Waals surface area contributed by atoms with Gasteiger partial charge in [-0.25, -0.2) is 0 Å². The van der Waals surface area contributed by atoms with Crippen LogP contribution in [0, 0.1) is 0 Å². The summed E-state index contributed by atoms with van der Waals surface area (Å²) in [6.45, 7) is 4.34. The van der Waals surface area contributed by atoms with Crippen LogP contribution >= 0.6 is 0 Å². The summed E-state index contributed by atoms with van der Waals surface area (Å²) in [5.41, 5.74) is 5.65. The van der Waals surface area contributed by atoms with Gasteiger partial charge in [0.2, 0.25) is 0 Å². The second kappa shape index (κ2) is 20.1. The number of methoxy groups -OCH3 is 1. The van der Waals surface area contributed by atoms with Crippen LogP contribution in [0.5, 0.6) is 0 Å². The minimum atomic E-state index is -0.858. The Labute approximate surface area is 174 Å². The zero-order valence-corrected chi connectivity index (χ0v) is 18.9. The Hall–Kier alpha value is -0.200. The van der Waals surface area contributed by atoms with Gasteiger partial charge >= 0.3 is 0 Å². The Bertz CT molecular complexity index is 315. The molecule has 0 saturated carbocycles. The molecule has 0 aliphatic rings. The molecule has 5 nitrogen and oxygen atoms in total. The molecule has 0 radical (unpaired) electrons. The minimum Gasteiger partial charge on any atom is -0.393 e. The van der Waals surface area contributed by atoms with Gasteiger partial charge in [-0.1, -0.05) is 90.4 Å². The number of nitrogens with two attached hydrogens (primary N) is 1. The van der Waals surface area contributed by atoms with Crippen molar-refractivity contribution in [3.8, 4) is 0 Å². The number of aliphatic hydroxyl groups excluding tert-OH is 2. The minimum absolute atomic E-state index is 0.349. The van der Waals surface area contributed by atoms with Gasteiger partial charge in [0, 0.05) is 13.2 Å². The first kappa shape index (κ1) is 27.8. The normalized spacial score (nSPS) is 16.1. The molecule has 4 unspecified atom stereocenters. The van der Waals surface area contributed by atoms with E-state index in [1.807, 2.05) is 0 Å². The van der Waals surface area contributed by atoms with Gasteiger partial charge in [-0.05, 0) is 19.8 Å². The molecule has 28 heavy (non-hydrogen) atoms. The molecule has 0 aromatic carbocycles. The number of hydrogen-bond donors (Lipinski definition) is 3. The highest BCUT2D eigenvalue weighted by Crippen LogP contribution is 2.14. The smallest absolute Gasteiger partial charge is 0.184 e. The van der Waals surface area contributed by atoms with E-state index in [0.717, 1.165) is 12.8 Å². The van der Waals surface area contributed by atoms with Crippen LogP contribution in [0.25, 0.3) is 0 Å². The van der Waals surface area contributed by atoms with E-state index in [-0.39, 0.29) is 6.10 Å². The summed E-state index contributed by atoms with van der Waals surface area (Å²) < 4.78 is 10.6. The summed E-state index contributed by atoms with van der Waals surface area (Å²) in [6.07, 6.45) is 16.8. The van der Waals surface area contributed by atoms with Gasteiger partial charge in [0.05, 0.1) is 12.7 Å². The number of hydrogen-bond acceptors (Lipinski definition) is 5. The maximum Gasteiger partial charge on any atom is 0.184 e. The molecule has 0 aliphatic carbocycles. The van der Waals surface area contributed by atoms with Gasteiger partial charge in [0.25, 0.3) is 0 Å². The van der Waals surface area contributed by atoms with Crippen LogP contribution in [0.1, 0.15) is 110 Å². The van der Waals surface area contributed by atoms with Crippen molar-refractivity contribution in [3.63, 3.8) is 0 Å². The summed E-state index contributed by atoms with van der Waals surface area (Å²) >= 11 is 0. The van der Waals surface area contributed by atoms with Crippen molar-refractivity contribution in [1.82, 2.24) is 0 Å².